The average Bonchev–Trinajstić information content (AvgIpc) is 3.08. The zero-order chi connectivity index (χ0) is 19.8. The Balaban J connectivity index is 1.67. The van der Waals surface area contributed by atoms with Crippen molar-refractivity contribution in [1.82, 2.24) is 25.2 Å². The minimum Gasteiger partial charge on any atom is -0.378 e. The lowest BCUT2D eigenvalue weighted by Gasteiger charge is -2.16. The molecular weight excluding hydrogens is 383 g/mol. The molecule has 2 aromatic heterocycles. The Bertz CT molecular complexity index is 1230. The van der Waals surface area contributed by atoms with Crippen LogP contribution in [0.4, 0.5) is 10.1 Å². The van der Waals surface area contributed by atoms with Crippen LogP contribution in [0.15, 0.2) is 47.3 Å². The molecule has 0 aliphatic carbocycles. The van der Waals surface area contributed by atoms with Gasteiger partial charge in [0.25, 0.3) is 5.56 Å². The molecule has 0 aliphatic rings. The van der Waals surface area contributed by atoms with Gasteiger partial charge < -0.3 is 10.3 Å². The van der Waals surface area contributed by atoms with Crippen LogP contribution in [0, 0.1) is 12.7 Å². The van der Waals surface area contributed by atoms with Gasteiger partial charge in [-0.2, -0.15) is 4.68 Å². The van der Waals surface area contributed by atoms with Gasteiger partial charge in [0.1, 0.15) is 5.82 Å². The van der Waals surface area contributed by atoms with Crippen molar-refractivity contribution in [2.45, 2.75) is 19.9 Å². The zero-order valence-electron chi connectivity index (χ0n) is 15.1. The Morgan fingerprint density at radius 3 is 2.82 bits per heavy atom. The minimum absolute atomic E-state index is 0.140. The van der Waals surface area contributed by atoms with E-state index < -0.39 is 5.82 Å². The summed E-state index contributed by atoms with van der Waals surface area (Å²) in [6.07, 6.45) is 0. The molecule has 2 aromatic carbocycles. The number of anilines is 1. The number of aromatic nitrogens is 5. The number of aryl methyl sites for hydroxylation is 1. The molecule has 28 heavy (non-hydrogen) atoms. The predicted octanol–water partition coefficient (Wildman–Crippen LogP) is 3.78. The number of hydrogen-bond acceptors (Lipinski definition) is 5. The first-order valence-electron chi connectivity index (χ1n) is 8.56. The maximum atomic E-state index is 14.0. The molecule has 0 saturated heterocycles. The summed E-state index contributed by atoms with van der Waals surface area (Å²) >= 11 is 5.94. The molecule has 4 aromatic rings. The number of nitrogens with zero attached hydrogens (tertiary/aromatic N) is 4. The first kappa shape index (κ1) is 18.1. The van der Waals surface area contributed by atoms with Gasteiger partial charge in [0.05, 0.1) is 17.2 Å². The first-order chi connectivity index (χ1) is 13.4. The van der Waals surface area contributed by atoms with Crippen LogP contribution in [-0.2, 0) is 0 Å². The maximum absolute atomic E-state index is 14.0. The molecule has 2 N–H and O–H groups in total. The number of H-pyrrole nitrogens is 1. The number of nitrogens with one attached hydrogen (secondary N) is 2. The van der Waals surface area contributed by atoms with Crippen LogP contribution in [-0.4, -0.2) is 25.2 Å². The number of tetrazole rings is 1. The summed E-state index contributed by atoms with van der Waals surface area (Å²) in [5, 5.41) is 15.6. The van der Waals surface area contributed by atoms with Crippen molar-refractivity contribution in [2.24, 2.45) is 0 Å². The number of rotatable bonds is 4. The van der Waals surface area contributed by atoms with Crippen molar-refractivity contribution >= 4 is 28.2 Å². The van der Waals surface area contributed by atoms with E-state index >= 15 is 0 Å². The number of halogens is 2. The lowest BCUT2D eigenvalue weighted by Crippen LogP contribution is -2.19. The van der Waals surface area contributed by atoms with Crippen LogP contribution < -0.4 is 10.9 Å². The summed E-state index contributed by atoms with van der Waals surface area (Å²) in [5.41, 5.74) is 1.83. The van der Waals surface area contributed by atoms with Crippen molar-refractivity contribution in [2.75, 3.05) is 5.32 Å². The molecule has 0 saturated carbocycles. The van der Waals surface area contributed by atoms with E-state index in [0.29, 0.717) is 16.8 Å². The Morgan fingerprint density at radius 2 is 2.07 bits per heavy atom. The Hall–Kier alpha value is -3.26. The van der Waals surface area contributed by atoms with E-state index in [-0.39, 0.29) is 22.1 Å². The number of fused-ring (bicyclic) bond motifs is 1. The smallest absolute Gasteiger partial charge is 0.253 e. The monoisotopic (exact) mass is 398 g/mol. The quantitative estimate of drug-likeness (QED) is 0.546. The van der Waals surface area contributed by atoms with Gasteiger partial charge in [0, 0.05) is 21.7 Å². The fraction of sp³-hybridized carbons (Fsp3) is 0.158. The van der Waals surface area contributed by atoms with E-state index in [1.807, 2.05) is 38.1 Å². The summed E-state index contributed by atoms with van der Waals surface area (Å²) in [6.45, 7) is 3.66. The van der Waals surface area contributed by atoms with Gasteiger partial charge in [-0.25, -0.2) is 4.39 Å². The van der Waals surface area contributed by atoms with Crippen molar-refractivity contribution in [3.63, 3.8) is 0 Å². The molecule has 0 amide bonds. The van der Waals surface area contributed by atoms with Crippen LogP contribution >= 0.6 is 11.6 Å². The van der Waals surface area contributed by atoms with Crippen LogP contribution in [0.2, 0.25) is 5.02 Å². The standard InChI is InChI=1S/C19H16ClFN6O/c1-10(16-7-12-6-13(20)8-17(21)18(12)23-19(16)28)22-14-4-3-5-15(9-14)27-11(2)24-25-26-27/h3-10,22H,1-2H3,(H,23,28)/t10-/m0/s1. The third-order valence-corrected chi connectivity index (χ3v) is 4.68. The minimum atomic E-state index is -0.559. The molecule has 0 bridgehead atoms. The molecule has 1 atom stereocenters. The highest BCUT2D eigenvalue weighted by molar-refractivity contribution is 6.31. The molecular formula is C19H16ClFN6O. The highest BCUT2D eigenvalue weighted by atomic mass is 35.5. The van der Waals surface area contributed by atoms with Crippen LogP contribution in [0.1, 0.15) is 24.4 Å². The van der Waals surface area contributed by atoms with Crippen LogP contribution in [0.3, 0.4) is 0 Å². The predicted molar refractivity (Wildman–Crippen MR) is 105 cm³/mol. The second-order valence-corrected chi connectivity index (χ2v) is 6.90. The van der Waals surface area contributed by atoms with E-state index in [1.165, 1.54) is 6.07 Å². The highest BCUT2D eigenvalue weighted by Crippen LogP contribution is 2.24. The summed E-state index contributed by atoms with van der Waals surface area (Å²) in [5.74, 6) is 0.103. The van der Waals surface area contributed by atoms with E-state index in [2.05, 4.69) is 25.8 Å². The number of aromatic amines is 1. The lowest BCUT2D eigenvalue weighted by atomic mass is 10.1. The largest absolute Gasteiger partial charge is 0.378 e. The van der Waals surface area contributed by atoms with Crippen molar-refractivity contribution in [3.05, 3.63) is 75.0 Å². The zero-order valence-corrected chi connectivity index (χ0v) is 15.8. The van der Waals surface area contributed by atoms with Gasteiger partial charge in [-0.05, 0) is 60.7 Å². The van der Waals surface area contributed by atoms with E-state index in [1.54, 1.807) is 16.8 Å². The summed E-state index contributed by atoms with van der Waals surface area (Å²) in [6, 6.07) is 11.6. The van der Waals surface area contributed by atoms with Crippen LogP contribution in [0.25, 0.3) is 16.6 Å². The number of hydrogen-bond donors (Lipinski definition) is 2. The van der Waals surface area contributed by atoms with E-state index in [0.717, 1.165) is 11.4 Å². The SMILES string of the molecule is Cc1nnnn1-c1cccc(N[C@@H](C)c2cc3cc(Cl)cc(F)c3[nH]c2=O)c1. The van der Waals surface area contributed by atoms with Crippen molar-refractivity contribution < 1.29 is 4.39 Å². The highest BCUT2D eigenvalue weighted by Gasteiger charge is 2.14. The Morgan fingerprint density at radius 1 is 1.25 bits per heavy atom. The van der Waals surface area contributed by atoms with Gasteiger partial charge in [-0.1, -0.05) is 17.7 Å². The molecule has 7 nitrogen and oxygen atoms in total. The third kappa shape index (κ3) is 3.34. The molecule has 0 unspecified atom stereocenters. The third-order valence-electron chi connectivity index (χ3n) is 4.46. The molecule has 142 valence electrons. The molecule has 0 spiro atoms. The fourth-order valence-electron chi connectivity index (χ4n) is 3.11. The van der Waals surface area contributed by atoms with Gasteiger partial charge in [-0.3, -0.25) is 4.79 Å². The van der Waals surface area contributed by atoms with Gasteiger partial charge in [-0.15, -0.1) is 5.10 Å². The first-order valence-corrected chi connectivity index (χ1v) is 8.94. The van der Waals surface area contributed by atoms with Gasteiger partial charge in [0.15, 0.2) is 5.82 Å². The lowest BCUT2D eigenvalue weighted by molar-refractivity contribution is 0.636. The fourth-order valence-corrected chi connectivity index (χ4v) is 3.32. The molecule has 0 aliphatic heterocycles. The Kier molecular flexibility index (Phi) is 4.56. The molecule has 2 heterocycles. The second-order valence-electron chi connectivity index (χ2n) is 6.46. The summed E-state index contributed by atoms with van der Waals surface area (Å²) in [4.78, 5) is 15.1. The molecule has 0 radical (unpaired) electrons. The summed E-state index contributed by atoms with van der Waals surface area (Å²) < 4.78 is 15.6. The summed E-state index contributed by atoms with van der Waals surface area (Å²) in [7, 11) is 0. The van der Waals surface area contributed by atoms with Crippen molar-refractivity contribution in [3.8, 4) is 5.69 Å². The number of pyridine rings is 1. The molecule has 4 rings (SSSR count). The van der Waals surface area contributed by atoms with E-state index in [9.17, 15) is 9.18 Å². The maximum Gasteiger partial charge on any atom is 0.253 e. The van der Waals surface area contributed by atoms with Gasteiger partial charge in [0.2, 0.25) is 0 Å². The van der Waals surface area contributed by atoms with Crippen LogP contribution in [0.5, 0.6) is 0 Å². The topological polar surface area (TPSA) is 88.5 Å². The second kappa shape index (κ2) is 7.05. The molecule has 0 fully saturated rings. The Labute approximate surface area is 164 Å². The van der Waals surface area contributed by atoms with E-state index in [4.69, 9.17) is 11.6 Å². The normalized spacial score (nSPS) is 12.3. The average molecular weight is 399 g/mol. The molecule has 9 heteroatoms. The van der Waals surface area contributed by atoms with Gasteiger partial charge >= 0.3 is 0 Å². The number of benzene rings is 2. The van der Waals surface area contributed by atoms with Crippen molar-refractivity contribution in [1.29, 1.82) is 0 Å².